The minimum absolute atomic E-state index is 0.0543. The highest BCUT2D eigenvalue weighted by Crippen LogP contribution is 2.24. The fourth-order valence-corrected chi connectivity index (χ4v) is 2.44. The zero-order valence-electron chi connectivity index (χ0n) is 11.4. The molecule has 0 aromatic carbocycles. The molecule has 1 aliphatic heterocycles. The molecule has 7 heteroatoms. The van der Waals surface area contributed by atoms with Crippen molar-refractivity contribution in [3.63, 3.8) is 0 Å². The Morgan fingerprint density at radius 3 is 2.80 bits per heavy atom. The van der Waals surface area contributed by atoms with Gasteiger partial charge in [-0.2, -0.15) is 0 Å². The predicted molar refractivity (Wildman–Crippen MR) is 72.7 cm³/mol. The average molecular weight is 278 g/mol. The van der Waals surface area contributed by atoms with E-state index in [9.17, 15) is 9.59 Å². The van der Waals surface area contributed by atoms with Gasteiger partial charge >= 0.3 is 5.97 Å². The number of aromatic nitrogens is 2. The number of aliphatic carboxylic acids is 1. The molecule has 0 aliphatic carbocycles. The van der Waals surface area contributed by atoms with Crippen LogP contribution in [0.25, 0.3) is 0 Å². The molecule has 1 aromatic heterocycles. The molecule has 1 atom stereocenters. The Labute approximate surface area is 117 Å². The number of nitrogens with zero attached hydrogens (tertiary/aromatic N) is 3. The van der Waals surface area contributed by atoms with Gasteiger partial charge in [0.15, 0.2) is 11.5 Å². The van der Waals surface area contributed by atoms with Crippen LogP contribution in [-0.4, -0.2) is 46.8 Å². The number of piperidine rings is 1. The molecule has 1 saturated heterocycles. The van der Waals surface area contributed by atoms with Crippen LogP contribution in [0.5, 0.6) is 0 Å². The molecule has 0 bridgehead atoms. The molecule has 20 heavy (non-hydrogen) atoms. The Morgan fingerprint density at radius 1 is 1.40 bits per heavy atom. The number of carboxylic acids is 1. The highest BCUT2D eigenvalue weighted by molar-refractivity contribution is 5.91. The molecule has 1 aliphatic rings. The summed E-state index contributed by atoms with van der Waals surface area (Å²) in [6.07, 6.45) is 2.97. The van der Waals surface area contributed by atoms with E-state index in [0.717, 1.165) is 25.8 Å². The van der Waals surface area contributed by atoms with Gasteiger partial charge < -0.3 is 15.3 Å². The monoisotopic (exact) mass is 278 g/mol. The second-order valence-electron chi connectivity index (χ2n) is 4.80. The highest BCUT2D eigenvalue weighted by Gasteiger charge is 2.26. The van der Waals surface area contributed by atoms with E-state index in [1.807, 2.05) is 4.90 Å². The third kappa shape index (κ3) is 3.23. The zero-order chi connectivity index (χ0) is 14.5. The summed E-state index contributed by atoms with van der Waals surface area (Å²) in [5.74, 6) is -0.467. The van der Waals surface area contributed by atoms with Crippen LogP contribution in [0, 0.1) is 0 Å². The SMILES string of the molecule is CNC(=O)c1ccc(N2CCCCC2CC(=O)O)nn1. The van der Waals surface area contributed by atoms with Crippen molar-refractivity contribution >= 4 is 17.7 Å². The Hall–Kier alpha value is -2.18. The smallest absolute Gasteiger partial charge is 0.305 e. The van der Waals surface area contributed by atoms with Crippen LogP contribution >= 0.6 is 0 Å². The first kappa shape index (κ1) is 14.2. The standard InChI is InChI=1S/C13H18N4O3/c1-14-13(20)10-5-6-11(16-15-10)17-7-3-2-4-9(17)8-12(18)19/h5-6,9H,2-4,7-8H2,1H3,(H,14,20)(H,18,19). The van der Waals surface area contributed by atoms with Crippen molar-refractivity contribution in [2.24, 2.45) is 0 Å². The molecule has 1 aromatic rings. The van der Waals surface area contributed by atoms with Gasteiger partial charge in [0.05, 0.1) is 6.42 Å². The predicted octanol–water partition coefficient (Wildman–Crippen LogP) is 0.670. The largest absolute Gasteiger partial charge is 0.481 e. The number of hydrogen-bond acceptors (Lipinski definition) is 5. The molecule has 1 amide bonds. The van der Waals surface area contributed by atoms with Gasteiger partial charge in [0.2, 0.25) is 0 Å². The Balaban J connectivity index is 2.15. The lowest BCUT2D eigenvalue weighted by Gasteiger charge is -2.35. The first-order valence-corrected chi connectivity index (χ1v) is 6.66. The normalized spacial score (nSPS) is 18.6. The van der Waals surface area contributed by atoms with Crippen molar-refractivity contribution in [1.82, 2.24) is 15.5 Å². The van der Waals surface area contributed by atoms with E-state index in [4.69, 9.17) is 5.11 Å². The molecular formula is C13H18N4O3. The minimum Gasteiger partial charge on any atom is -0.481 e. The zero-order valence-corrected chi connectivity index (χ0v) is 11.4. The van der Waals surface area contributed by atoms with E-state index in [-0.39, 0.29) is 24.1 Å². The van der Waals surface area contributed by atoms with Gasteiger partial charge in [-0.1, -0.05) is 0 Å². The molecule has 2 N–H and O–H groups in total. The van der Waals surface area contributed by atoms with Crippen molar-refractivity contribution in [2.45, 2.75) is 31.7 Å². The quantitative estimate of drug-likeness (QED) is 0.840. The minimum atomic E-state index is -0.808. The van der Waals surface area contributed by atoms with Gasteiger partial charge in [-0.15, -0.1) is 10.2 Å². The average Bonchev–Trinajstić information content (AvgIpc) is 2.46. The summed E-state index contributed by atoms with van der Waals surface area (Å²) in [6, 6.07) is 3.27. The maximum absolute atomic E-state index is 11.4. The van der Waals surface area contributed by atoms with E-state index >= 15 is 0 Å². The lowest BCUT2D eigenvalue weighted by molar-refractivity contribution is -0.137. The molecule has 2 heterocycles. The molecule has 1 fully saturated rings. The first-order valence-electron chi connectivity index (χ1n) is 6.66. The second-order valence-corrected chi connectivity index (χ2v) is 4.80. The number of anilines is 1. The number of carboxylic acid groups (broad SMARTS) is 1. The third-order valence-corrected chi connectivity index (χ3v) is 3.44. The summed E-state index contributed by atoms with van der Waals surface area (Å²) < 4.78 is 0. The van der Waals surface area contributed by atoms with Crippen LogP contribution in [0.15, 0.2) is 12.1 Å². The fourth-order valence-electron chi connectivity index (χ4n) is 2.44. The number of rotatable bonds is 4. The summed E-state index contributed by atoms with van der Waals surface area (Å²) in [4.78, 5) is 24.3. The van der Waals surface area contributed by atoms with E-state index in [1.165, 1.54) is 7.05 Å². The van der Waals surface area contributed by atoms with E-state index in [1.54, 1.807) is 12.1 Å². The summed E-state index contributed by atoms with van der Waals surface area (Å²) in [5.41, 5.74) is 0.253. The molecule has 0 spiro atoms. The van der Waals surface area contributed by atoms with Gasteiger partial charge in [-0.25, -0.2) is 0 Å². The molecule has 2 rings (SSSR count). The summed E-state index contributed by atoms with van der Waals surface area (Å²) in [5, 5.41) is 19.4. The van der Waals surface area contributed by atoms with E-state index < -0.39 is 5.97 Å². The lowest BCUT2D eigenvalue weighted by atomic mass is 9.99. The summed E-state index contributed by atoms with van der Waals surface area (Å²) >= 11 is 0. The molecule has 1 unspecified atom stereocenters. The molecular weight excluding hydrogens is 260 g/mol. The second kappa shape index (κ2) is 6.31. The van der Waals surface area contributed by atoms with Gasteiger partial charge in [0.1, 0.15) is 0 Å². The Bertz CT molecular complexity index is 489. The van der Waals surface area contributed by atoms with Crippen molar-refractivity contribution in [3.05, 3.63) is 17.8 Å². The number of carbonyl (C=O) groups is 2. The van der Waals surface area contributed by atoms with Crippen LogP contribution in [0.2, 0.25) is 0 Å². The van der Waals surface area contributed by atoms with Crippen LogP contribution < -0.4 is 10.2 Å². The number of nitrogens with one attached hydrogen (secondary N) is 1. The molecule has 0 radical (unpaired) electrons. The maximum Gasteiger partial charge on any atom is 0.305 e. The maximum atomic E-state index is 11.4. The first-order chi connectivity index (χ1) is 9.61. The Morgan fingerprint density at radius 2 is 2.20 bits per heavy atom. The fraction of sp³-hybridized carbons (Fsp3) is 0.538. The molecule has 108 valence electrons. The van der Waals surface area contributed by atoms with Gasteiger partial charge in [-0.05, 0) is 31.4 Å². The summed E-state index contributed by atoms with van der Waals surface area (Å²) in [6.45, 7) is 0.770. The number of amides is 1. The lowest BCUT2D eigenvalue weighted by Crippen LogP contribution is -2.41. The topological polar surface area (TPSA) is 95.4 Å². The van der Waals surface area contributed by atoms with Gasteiger partial charge in [0.25, 0.3) is 5.91 Å². The van der Waals surface area contributed by atoms with Crippen LogP contribution in [0.1, 0.15) is 36.2 Å². The van der Waals surface area contributed by atoms with Crippen LogP contribution in [0.4, 0.5) is 5.82 Å². The van der Waals surface area contributed by atoms with Gasteiger partial charge in [-0.3, -0.25) is 9.59 Å². The van der Waals surface area contributed by atoms with Crippen molar-refractivity contribution < 1.29 is 14.7 Å². The van der Waals surface area contributed by atoms with Gasteiger partial charge in [0, 0.05) is 19.6 Å². The van der Waals surface area contributed by atoms with Crippen molar-refractivity contribution in [3.8, 4) is 0 Å². The highest BCUT2D eigenvalue weighted by atomic mass is 16.4. The number of hydrogen-bond donors (Lipinski definition) is 2. The Kier molecular flexibility index (Phi) is 4.49. The molecule has 0 saturated carbocycles. The third-order valence-electron chi connectivity index (χ3n) is 3.44. The van der Waals surface area contributed by atoms with Crippen molar-refractivity contribution in [2.75, 3.05) is 18.5 Å². The van der Waals surface area contributed by atoms with E-state index in [2.05, 4.69) is 15.5 Å². The van der Waals surface area contributed by atoms with Crippen LogP contribution in [-0.2, 0) is 4.79 Å². The van der Waals surface area contributed by atoms with E-state index in [0.29, 0.717) is 5.82 Å². The summed E-state index contributed by atoms with van der Waals surface area (Å²) in [7, 11) is 1.53. The van der Waals surface area contributed by atoms with Crippen molar-refractivity contribution in [1.29, 1.82) is 0 Å². The molecule has 7 nitrogen and oxygen atoms in total. The number of carbonyl (C=O) groups excluding carboxylic acids is 1. The van der Waals surface area contributed by atoms with Crippen LogP contribution in [0.3, 0.4) is 0 Å².